The Balaban J connectivity index is 1.88. The zero-order chi connectivity index (χ0) is 18.1. The standard InChI is InChI=1S/C14H19N5O5S/c1-24-8-14(3-2-4-16-14)7-17-25(22,23)9-5-10-11(15-6-9)18-13(21)19-12(10)20/h5-6,16-17H,2-4,7-8H2,1H3,(H2,15,18,19,20,21). The molecule has 1 aliphatic heterocycles. The van der Waals surface area contributed by atoms with Crippen molar-refractivity contribution in [3.63, 3.8) is 0 Å². The van der Waals surface area contributed by atoms with Gasteiger partial charge >= 0.3 is 5.69 Å². The highest BCUT2D eigenvalue weighted by Crippen LogP contribution is 2.20. The van der Waals surface area contributed by atoms with Crippen molar-refractivity contribution in [2.75, 3.05) is 26.8 Å². The number of methoxy groups -OCH3 is 1. The summed E-state index contributed by atoms with van der Waals surface area (Å²) < 4.78 is 32.8. The predicted molar refractivity (Wildman–Crippen MR) is 90.0 cm³/mol. The van der Waals surface area contributed by atoms with Gasteiger partial charge in [0.15, 0.2) is 0 Å². The summed E-state index contributed by atoms with van der Waals surface area (Å²) >= 11 is 0. The van der Waals surface area contributed by atoms with E-state index in [-0.39, 0.29) is 22.5 Å². The van der Waals surface area contributed by atoms with E-state index < -0.39 is 26.8 Å². The largest absolute Gasteiger partial charge is 0.383 e. The lowest BCUT2D eigenvalue weighted by molar-refractivity contribution is 0.122. The summed E-state index contributed by atoms with van der Waals surface area (Å²) in [5.41, 5.74) is -1.82. The molecule has 10 nitrogen and oxygen atoms in total. The van der Waals surface area contributed by atoms with Gasteiger partial charge in [-0.05, 0) is 25.5 Å². The SMILES string of the molecule is COCC1(CNS(=O)(=O)c2cnc3[nH]c(=O)[nH]c(=O)c3c2)CCCN1. The van der Waals surface area contributed by atoms with Crippen LogP contribution < -0.4 is 21.3 Å². The number of aromatic amines is 2. The average Bonchev–Trinajstić information content (AvgIpc) is 3.02. The summed E-state index contributed by atoms with van der Waals surface area (Å²) in [6.07, 6.45) is 2.83. The quantitative estimate of drug-likeness (QED) is 0.493. The first-order valence-corrected chi connectivity index (χ1v) is 9.20. The first-order valence-electron chi connectivity index (χ1n) is 7.71. The molecule has 11 heteroatoms. The van der Waals surface area contributed by atoms with Crippen LogP contribution in [0.5, 0.6) is 0 Å². The summed E-state index contributed by atoms with van der Waals surface area (Å²) in [5, 5.41) is 3.27. The topological polar surface area (TPSA) is 146 Å². The number of H-pyrrole nitrogens is 2. The molecule has 0 radical (unpaired) electrons. The lowest BCUT2D eigenvalue weighted by Crippen LogP contribution is -2.52. The highest BCUT2D eigenvalue weighted by Gasteiger charge is 2.34. The normalized spacial score (nSPS) is 21.0. The molecule has 0 amide bonds. The van der Waals surface area contributed by atoms with E-state index >= 15 is 0 Å². The van der Waals surface area contributed by atoms with E-state index in [1.807, 2.05) is 4.98 Å². The number of nitrogens with one attached hydrogen (secondary N) is 4. The van der Waals surface area contributed by atoms with E-state index in [9.17, 15) is 18.0 Å². The summed E-state index contributed by atoms with van der Waals surface area (Å²) in [5.74, 6) is 0. The molecule has 4 N–H and O–H groups in total. The third kappa shape index (κ3) is 3.63. The fourth-order valence-electron chi connectivity index (χ4n) is 2.96. The first kappa shape index (κ1) is 17.7. The number of hydrogen-bond donors (Lipinski definition) is 4. The summed E-state index contributed by atoms with van der Waals surface area (Å²) in [7, 11) is -2.31. The molecule has 1 unspecified atom stereocenters. The van der Waals surface area contributed by atoms with Crippen LogP contribution in [0.3, 0.4) is 0 Å². The van der Waals surface area contributed by atoms with Crippen LogP contribution in [0.1, 0.15) is 12.8 Å². The number of nitrogens with zero attached hydrogens (tertiary/aromatic N) is 1. The second-order valence-corrected chi connectivity index (χ2v) is 7.81. The Morgan fingerprint density at radius 2 is 2.16 bits per heavy atom. The molecule has 3 rings (SSSR count). The number of aromatic nitrogens is 3. The zero-order valence-corrected chi connectivity index (χ0v) is 14.4. The van der Waals surface area contributed by atoms with Crippen LogP contribution in [0.25, 0.3) is 11.0 Å². The van der Waals surface area contributed by atoms with E-state index in [1.54, 1.807) is 7.11 Å². The minimum Gasteiger partial charge on any atom is -0.383 e. The molecular weight excluding hydrogens is 350 g/mol. The second-order valence-electron chi connectivity index (χ2n) is 6.04. The Morgan fingerprint density at radius 1 is 1.36 bits per heavy atom. The summed E-state index contributed by atoms with van der Waals surface area (Å²) in [4.78, 5) is 31.2. The molecule has 1 fully saturated rings. The molecule has 1 aliphatic rings. The van der Waals surface area contributed by atoms with Crippen LogP contribution in [-0.2, 0) is 14.8 Å². The van der Waals surface area contributed by atoms with E-state index in [1.165, 1.54) is 6.07 Å². The maximum Gasteiger partial charge on any atom is 0.327 e. The molecule has 1 atom stereocenters. The van der Waals surface area contributed by atoms with Crippen molar-refractivity contribution >= 4 is 21.1 Å². The number of sulfonamides is 1. The molecular formula is C14H19N5O5S. The van der Waals surface area contributed by atoms with Gasteiger partial charge in [-0.15, -0.1) is 0 Å². The second kappa shape index (κ2) is 6.67. The molecule has 3 heterocycles. The minimum atomic E-state index is -3.88. The fourth-order valence-corrected chi connectivity index (χ4v) is 4.06. The van der Waals surface area contributed by atoms with Gasteiger partial charge in [-0.25, -0.2) is 22.9 Å². The third-order valence-electron chi connectivity index (χ3n) is 4.23. The van der Waals surface area contributed by atoms with Crippen molar-refractivity contribution in [2.24, 2.45) is 0 Å². The van der Waals surface area contributed by atoms with Crippen molar-refractivity contribution in [2.45, 2.75) is 23.3 Å². The summed E-state index contributed by atoms with van der Waals surface area (Å²) in [6.45, 7) is 1.33. The molecule has 0 spiro atoms. The number of fused-ring (bicyclic) bond motifs is 1. The third-order valence-corrected chi connectivity index (χ3v) is 5.60. The van der Waals surface area contributed by atoms with Crippen molar-refractivity contribution in [1.29, 1.82) is 0 Å². The maximum absolute atomic E-state index is 12.6. The molecule has 0 saturated carbocycles. The monoisotopic (exact) mass is 369 g/mol. The molecule has 2 aromatic heterocycles. The van der Waals surface area contributed by atoms with Gasteiger partial charge in [-0.2, -0.15) is 0 Å². The van der Waals surface area contributed by atoms with Crippen molar-refractivity contribution in [3.05, 3.63) is 33.1 Å². The van der Waals surface area contributed by atoms with E-state index in [4.69, 9.17) is 4.74 Å². The van der Waals surface area contributed by atoms with Crippen LogP contribution in [0.15, 0.2) is 26.7 Å². The molecule has 0 aromatic carbocycles. The van der Waals surface area contributed by atoms with Gasteiger partial charge in [0.25, 0.3) is 5.56 Å². The van der Waals surface area contributed by atoms with E-state index in [2.05, 4.69) is 20.0 Å². The molecule has 0 aliphatic carbocycles. The van der Waals surface area contributed by atoms with Crippen molar-refractivity contribution in [3.8, 4) is 0 Å². The number of ether oxygens (including phenoxy) is 1. The van der Waals surface area contributed by atoms with Gasteiger partial charge in [0, 0.05) is 19.9 Å². The zero-order valence-electron chi connectivity index (χ0n) is 13.6. The highest BCUT2D eigenvalue weighted by atomic mass is 32.2. The Kier molecular flexibility index (Phi) is 4.73. The lowest BCUT2D eigenvalue weighted by atomic mass is 9.99. The fraction of sp³-hybridized carbons (Fsp3) is 0.500. The molecule has 136 valence electrons. The van der Waals surface area contributed by atoms with Crippen molar-refractivity contribution < 1.29 is 13.2 Å². The van der Waals surface area contributed by atoms with Crippen LogP contribution >= 0.6 is 0 Å². The van der Waals surface area contributed by atoms with E-state index in [0.717, 1.165) is 25.6 Å². The average molecular weight is 369 g/mol. The predicted octanol–water partition coefficient (Wildman–Crippen LogP) is -1.34. The summed E-state index contributed by atoms with van der Waals surface area (Å²) in [6, 6.07) is 1.19. The molecule has 1 saturated heterocycles. The smallest absolute Gasteiger partial charge is 0.327 e. The van der Waals surface area contributed by atoms with Crippen LogP contribution in [0.4, 0.5) is 0 Å². The Hall–Kier alpha value is -2.08. The van der Waals surface area contributed by atoms with Gasteiger partial charge in [-0.3, -0.25) is 14.8 Å². The van der Waals surface area contributed by atoms with Crippen LogP contribution in [0, 0.1) is 0 Å². The number of hydrogen-bond acceptors (Lipinski definition) is 7. The number of rotatable bonds is 6. The Morgan fingerprint density at radius 3 is 2.84 bits per heavy atom. The Labute approximate surface area is 143 Å². The molecule has 0 bridgehead atoms. The first-order chi connectivity index (χ1) is 11.9. The number of pyridine rings is 1. The molecule has 2 aromatic rings. The van der Waals surface area contributed by atoms with Gasteiger partial charge in [0.1, 0.15) is 10.5 Å². The molecule has 25 heavy (non-hydrogen) atoms. The highest BCUT2D eigenvalue weighted by molar-refractivity contribution is 7.89. The van der Waals surface area contributed by atoms with Crippen LogP contribution in [-0.4, -0.2) is 55.7 Å². The van der Waals surface area contributed by atoms with Crippen LogP contribution in [0.2, 0.25) is 0 Å². The van der Waals surface area contributed by atoms with Gasteiger partial charge in [-0.1, -0.05) is 0 Å². The Bertz CT molecular complexity index is 991. The maximum atomic E-state index is 12.6. The van der Waals surface area contributed by atoms with Crippen molar-refractivity contribution in [1.82, 2.24) is 25.0 Å². The van der Waals surface area contributed by atoms with Gasteiger partial charge in [0.05, 0.1) is 17.5 Å². The lowest BCUT2D eigenvalue weighted by Gasteiger charge is -2.28. The van der Waals surface area contributed by atoms with Gasteiger partial charge < -0.3 is 10.1 Å². The minimum absolute atomic E-state index is 0.00642. The van der Waals surface area contributed by atoms with E-state index in [0.29, 0.717) is 6.61 Å². The van der Waals surface area contributed by atoms with Gasteiger partial charge in [0.2, 0.25) is 10.0 Å².